The predicted octanol–water partition coefficient (Wildman–Crippen LogP) is 4.89. The van der Waals surface area contributed by atoms with E-state index in [4.69, 9.17) is 22.1 Å². The Morgan fingerprint density at radius 3 is 2.27 bits per heavy atom. The highest BCUT2D eigenvalue weighted by Gasteiger charge is 2.07. The third-order valence-electron chi connectivity index (χ3n) is 4.53. The second-order valence-corrected chi connectivity index (χ2v) is 7.42. The summed E-state index contributed by atoms with van der Waals surface area (Å²) in [5.74, 6) is 6.36. The lowest BCUT2D eigenvalue weighted by molar-refractivity contribution is 0.272. The fourth-order valence-electron chi connectivity index (χ4n) is 2.73. The molecule has 1 atom stereocenters. The van der Waals surface area contributed by atoms with E-state index in [9.17, 15) is 4.39 Å². The van der Waals surface area contributed by atoms with Crippen LogP contribution >= 0.6 is 11.6 Å². The number of halogens is 2. The molecule has 0 aliphatic carbocycles. The summed E-state index contributed by atoms with van der Waals surface area (Å²) in [7, 11) is 0. The first-order valence-corrected chi connectivity index (χ1v) is 10.1. The molecule has 0 saturated heterocycles. The summed E-state index contributed by atoms with van der Waals surface area (Å²) in [4.78, 5) is 0. The number of hydrogen-bond acceptors (Lipinski definition) is 3. The van der Waals surface area contributed by atoms with Crippen LogP contribution in [-0.4, -0.2) is 12.6 Å². The lowest BCUT2D eigenvalue weighted by atomic mass is 10.1. The smallest absolute Gasteiger partial charge is 0.138 e. The summed E-state index contributed by atoms with van der Waals surface area (Å²) < 4.78 is 18.8. The Bertz CT molecular complexity index is 1020. The molecule has 5 heteroatoms. The first-order valence-electron chi connectivity index (χ1n) is 9.74. The van der Waals surface area contributed by atoms with Crippen LogP contribution in [0.5, 0.6) is 5.75 Å². The van der Waals surface area contributed by atoms with Gasteiger partial charge in [0.2, 0.25) is 0 Å². The number of rotatable bonds is 7. The van der Waals surface area contributed by atoms with E-state index in [1.54, 1.807) is 18.2 Å². The van der Waals surface area contributed by atoms with E-state index < -0.39 is 0 Å². The third-order valence-corrected chi connectivity index (χ3v) is 4.82. The number of nitrogens with one attached hydrogen (secondary N) is 1. The highest BCUT2D eigenvalue weighted by atomic mass is 35.5. The Kier molecular flexibility index (Phi) is 7.87. The van der Waals surface area contributed by atoms with E-state index in [1.807, 2.05) is 24.3 Å². The maximum Gasteiger partial charge on any atom is 0.138 e. The molecule has 0 saturated carbocycles. The molecule has 3 rings (SSSR count). The summed E-state index contributed by atoms with van der Waals surface area (Å²) in [6.45, 7) is 3.85. The average Bonchev–Trinajstić information content (AvgIpc) is 2.77. The molecule has 3 nitrogen and oxygen atoms in total. The van der Waals surface area contributed by atoms with Crippen LogP contribution in [0.2, 0.25) is 5.02 Å². The molecule has 3 aromatic carbocycles. The van der Waals surface area contributed by atoms with E-state index in [0.717, 1.165) is 23.2 Å². The van der Waals surface area contributed by atoms with Crippen LogP contribution < -0.4 is 15.8 Å². The van der Waals surface area contributed by atoms with Crippen LogP contribution in [0.4, 0.5) is 4.39 Å². The van der Waals surface area contributed by atoms with Crippen molar-refractivity contribution in [2.24, 2.45) is 5.73 Å². The molecule has 0 aliphatic heterocycles. The second-order valence-electron chi connectivity index (χ2n) is 7.02. The fourth-order valence-corrected chi connectivity index (χ4v) is 2.97. The maximum absolute atomic E-state index is 13.0. The minimum Gasteiger partial charge on any atom is -0.490 e. The summed E-state index contributed by atoms with van der Waals surface area (Å²) >= 11 is 6.34. The Labute approximate surface area is 182 Å². The Balaban J connectivity index is 1.51. The second kappa shape index (κ2) is 10.8. The molecule has 0 radical (unpaired) electrons. The van der Waals surface area contributed by atoms with Gasteiger partial charge in [0, 0.05) is 30.3 Å². The summed E-state index contributed by atoms with van der Waals surface area (Å²) in [6, 6.07) is 19.9. The number of benzene rings is 3. The Hall–Kier alpha value is -2.84. The normalized spacial score (nSPS) is 11.5. The van der Waals surface area contributed by atoms with Crippen LogP contribution in [0.25, 0.3) is 0 Å². The van der Waals surface area contributed by atoms with Crippen molar-refractivity contribution in [3.05, 3.63) is 99.8 Å². The summed E-state index contributed by atoms with van der Waals surface area (Å²) in [5, 5.41) is 3.94. The van der Waals surface area contributed by atoms with Crippen molar-refractivity contribution in [1.82, 2.24) is 5.32 Å². The molecule has 0 fully saturated rings. The Morgan fingerprint density at radius 1 is 0.967 bits per heavy atom. The SMILES string of the molecule is CC(COc1ccc(C#Cc2ccc(F)cc2)cc1Cl)NCc1ccc(CN)cc1. The summed E-state index contributed by atoms with van der Waals surface area (Å²) in [6.07, 6.45) is 0. The van der Waals surface area contributed by atoms with Gasteiger partial charge in [-0.05, 0) is 60.5 Å². The van der Waals surface area contributed by atoms with Crippen molar-refractivity contribution in [2.75, 3.05) is 6.61 Å². The van der Waals surface area contributed by atoms with Crippen LogP contribution in [0.15, 0.2) is 66.7 Å². The van der Waals surface area contributed by atoms with E-state index >= 15 is 0 Å². The van der Waals surface area contributed by atoms with Gasteiger partial charge in [0.1, 0.15) is 18.2 Å². The molecule has 0 amide bonds. The van der Waals surface area contributed by atoms with Gasteiger partial charge in [0.05, 0.1) is 5.02 Å². The van der Waals surface area contributed by atoms with Gasteiger partial charge < -0.3 is 15.8 Å². The fraction of sp³-hybridized carbons (Fsp3) is 0.200. The van der Waals surface area contributed by atoms with E-state index in [-0.39, 0.29) is 11.9 Å². The van der Waals surface area contributed by atoms with Gasteiger partial charge in [-0.2, -0.15) is 0 Å². The van der Waals surface area contributed by atoms with Crippen molar-refractivity contribution >= 4 is 11.6 Å². The first-order chi connectivity index (χ1) is 14.5. The van der Waals surface area contributed by atoms with Crippen LogP contribution in [0, 0.1) is 17.7 Å². The monoisotopic (exact) mass is 422 g/mol. The van der Waals surface area contributed by atoms with E-state index in [2.05, 4.69) is 36.2 Å². The van der Waals surface area contributed by atoms with Gasteiger partial charge in [-0.15, -0.1) is 0 Å². The van der Waals surface area contributed by atoms with Crippen molar-refractivity contribution in [3.63, 3.8) is 0 Å². The van der Waals surface area contributed by atoms with Gasteiger partial charge in [-0.3, -0.25) is 0 Å². The molecule has 0 aliphatic rings. The molecule has 0 heterocycles. The highest BCUT2D eigenvalue weighted by molar-refractivity contribution is 6.32. The van der Waals surface area contributed by atoms with E-state index in [1.165, 1.54) is 17.7 Å². The van der Waals surface area contributed by atoms with E-state index in [0.29, 0.717) is 23.9 Å². The minimum absolute atomic E-state index is 0.146. The maximum atomic E-state index is 13.0. The lowest BCUT2D eigenvalue weighted by Gasteiger charge is -2.16. The minimum atomic E-state index is -0.279. The lowest BCUT2D eigenvalue weighted by Crippen LogP contribution is -2.31. The molecular weight excluding hydrogens is 399 g/mol. The molecule has 30 heavy (non-hydrogen) atoms. The van der Waals surface area contributed by atoms with Gasteiger partial charge >= 0.3 is 0 Å². The van der Waals surface area contributed by atoms with Gasteiger partial charge in [-0.25, -0.2) is 4.39 Å². The number of nitrogens with two attached hydrogens (primary N) is 1. The molecule has 0 bridgehead atoms. The van der Waals surface area contributed by atoms with Crippen molar-refractivity contribution in [2.45, 2.75) is 26.1 Å². The zero-order valence-corrected chi connectivity index (χ0v) is 17.5. The van der Waals surface area contributed by atoms with Crippen molar-refractivity contribution < 1.29 is 9.13 Å². The molecule has 3 N–H and O–H groups in total. The standard InChI is InChI=1S/C25H24ClFN2O/c1-18(29-16-22-6-4-21(15-28)5-7-22)17-30-25-13-10-20(14-24(25)26)3-2-19-8-11-23(27)12-9-19/h4-14,18,29H,15-17,28H2,1H3. The van der Waals surface area contributed by atoms with Gasteiger partial charge in [0.25, 0.3) is 0 Å². The average molecular weight is 423 g/mol. The predicted molar refractivity (Wildman–Crippen MR) is 120 cm³/mol. The van der Waals surface area contributed by atoms with Crippen LogP contribution in [0.1, 0.15) is 29.2 Å². The Morgan fingerprint density at radius 2 is 1.60 bits per heavy atom. The molecule has 0 aromatic heterocycles. The topological polar surface area (TPSA) is 47.3 Å². The highest BCUT2D eigenvalue weighted by Crippen LogP contribution is 2.25. The first kappa shape index (κ1) is 21.9. The van der Waals surface area contributed by atoms with Gasteiger partial charge in [-0.1, -0.05) is 47.7 Å². The van der Waals surface area contributed by atoms with Crippen LogP contribution in [0.3, 0.4) is 0 Å². The molecular formula is C25H24ClFN2O. The number of ether oxygens (including phenoxy) is 1. The van der Waals surface area contributed by atoms with Crippen molar-refractivity contribution in [1.29, 1.82) is 0 Å². The molecule has 154 valence electrons. The third kappa shape index (κ3) is 6.60. The van der Waals surface area contributed by atoms with Crippen molar-refractivity contribution in [3.8, 4) is 17.6 Å². The largest absolute Gasteiger partial charge is 0.490 e. The quantitative estimate of drug-likeness (QED) is 0.532. The molecule has 1 unspecified atom stereocenters. The molecule has 0 spiro atoms. The summed E-state index contributed by atoms with van der Waals surface area (Å²) in [5.41, 5.74) is 9.45. The molecule has 3 aromatic rings. The van der Waals surface area contributed by atoms with Crippen LogP contribution in [-0.2, 0) is 13.1 Å². The number of hydrogen-bond donors (Lipinski definition) is 2. The zero-order valence-electron chi connectivity index (χ0n) is 16.8. The zero-order chi connectivity index (χ0) is 21.3. The van der Waals surface area contributed by atoms with Gasteiger partial charge in [0.15, 0.2) is 0 Å².